The van der Waals surface area contributed by atoms with Crippen LogP contribution in [0.15, 0.2) is 194 Å². The molecule has 2 heterocycles. The Balaban J connectivity index is 1.16. The molecule has 9 aromatic carbocycles. The van der Waals surface area contributed by atoms with E-state index in [1.807, 2.05) is 12.3 Å². The smallest absolute Gasteiger partial charge is 0.0723 e. The Morgan fingerprint density at radius 3 is 1.65 bits per heavy atom. The summed E-state index contributed by atoms with van der Waals surface area (Å²) in [5.41, 5.74) is 17.3. The second-order valence-electron chi connectivity index (χ2n) is 14.6. The highest BCUT2D eigenvalue weighted by atomic mass is 15.0. The van der Waals surface area contributed by atoms with Gasteiger partial charge in [0.25, 0.3) is 0 Å². The number of benzene rings is 9. The van der Waals surface area contributed by atoms with E-state index < -0.39 is 0 Å². The van der Waals surface area contributed by atoms with Crippen LogP contribution in [0.5, 0.6) is 0 Å². The highest BCUT2D eigenvalue weighted by molar-refractivity contribution is 6.29. The fraction of sp³-hybridized carbons (Fsp3) is 0. The summed E-state index contributed by atoms with van der Waals surface area (Å²) >= 11 is 0. The van der Waals surface area contributed by atoms with Crippen LogP contribution >= 0.6 is 0 Å². The third kappa shape index (κ3) is 4.28. The number of nitrogens with zero attached hydrogens (tertiary/aromatic N) is 2. The summed E-state index contributed by atoms with van der Waals surface area (Å²) in [7, 11) is 0. The van der Waals surface area contributed by atoms with Gasteiger partial charge in [0.2, 0.25) is 0 Å². The van der Waals surface area contributed by atoms with E-state index in [0.717, 1.165) is 16.6 Å². The first-order valence-electron chi connectivity index (χ1n) is 19.0. The van der Waals surface area contributed by atoms with Gasteiger partial charge in [-0.2, -0.15) is 0 Å². The first-order chi connectivity index (χ1) is 27.3. The number of hydrogen-bond acceptors (Lipinski definition) is 1. The first kappa shape index (κ1) is 30.2. The third-order valence-electron chi connectivity index (χ3n) is 11.8. The van der Waals surface area contributed by atoms with Gasteiger partial charge in [-0.25, -0.2) is 0 Å². The quantitative estimate of drug-likeness (QED) is 0.179. The molecule has 11 aromatic rings. The van der Waals surface area contributed by atoms with Gasteiger partial charge >= 0.3 is 0 Å². The number of aromatic nitrogens is 2. The van der Waals surface area contributed by atoms with Crippen molar-refractivity contribution < 1.29 is 0 Å². The molecule has 0 bridgehead atoms. The average Bonchev–Trinajstić information content (AvgIpc) is 3.77. The Morgan fingerprint density at radius 1 is 0.345 bits per heavy atom. The summed E-state index contributed by atoms with van der Waals surface area (Å²) in [5, 5.41) is 8.76. The molecule has 55 heavy (non-hydrogen) atoms. The van der Waals surface area contributed by atoms with Gasteiger partial charge in [-0.15, -0.1) is 0 Å². The molecule has 2 heteroatoms. The van der Waals surface area contributed by atoms with Gasteiger partial charge in [-0.3, -0.25) is 4.98 Å². The molecular weight excluding hydrogens is 665 g/mol. The van der Waals surface area contributed by atoms with Gasteiger partial charge in [-0.1, -0.05) is 146 Å². The molecule has 0 N–H and O–H groups in total. The summed E-state index contributed by atoms with van der Waals surface area (Å²) in [6.07, 6.45) is 1.88. The molecule has 0 spiro atoms. The maximum Gasteiger partial charge on any atom is 0.0723 e. The van der Waals surface area contributed by atoms with E-state index in [1.54, 1.807) is 0 Å². The minimum atomic E-state index is 1.000. The Bertz CT molecular complexity index is 3250. The lowest BCUT2D eigenvalue weighted by molar-refractivity contribution is 1.19. The Morgan fingerprint density at radius 2 is 0.945 bits per heavy atom. The molecule has 0 aliphatic heterocycles. The maximum atomic E-state index is 4.73. The zero-order valence-corrected chi connectivity index (χ0v) is 29.9. The van der Waals surface area contributed by atoms with Crippen molar-refractivity contribution in [3.05, 3.63) is 194 Å². The summed E-state index contributed by atoms with van der Waals surface area (Å²) in [4.78, 5) is 4.73. The Hall–Kier alpha value is -7.29. The predicted octanol–water partition coefficient (Wildman–Crippen LogP) is 14.3. The van der Waals surface area contributed by atoms with E-state index in [2.05, 4.69) is 187 Å². The van der Waals surface area contributed by atoms with E-state index in [1.165, 1.54) is 99.0 Å². The number of pyridine rings is 1. The van der Waals surface area contributed by atoms with Crippen LogP contribution in [0.1, 0.15) is 0 Å². The molecule has 0 fully saturated rings. The van der Waals surface area contributed by atoms with Crippen molar-refractivity contribution in [3.8, 4) is 61.3 Å². The molecule has 1 aliphatic rings. The molecule has 0 amide bonds. The fourth-order valence-electron chi connectivity index (χ4n) is 9.54. The first-order valence-corrected chi connectivity index (χ1v) is 19.0. The Labute approximate surface area is 318 Å². The summed E-state index contributed by atoms with van der Waals surface area (Å²) in [5.74, 6) is 0. The van der Waals surface area contributed by atoms with E-state index in [4.69, 9.17) is 4.98 Å². The molecule has 2 aromatic heterocycles. The molecule has 2 nitrogen and oxygen atoms in total. The predicted molar refractivity (Wildman–Crippen MR) is 232 cm³/mol. The lowest BCUT2D eigenvalue weighted by atomic mass is 9.82. The van der Waals surface area contributed by atoms with Crippen LogP contribution in [-0.4, -0.2) is 9.55 Å². The van der Waals surface area contributed by atoms with Crippen LogP contribution in [0, 0.1) is 0 Å². The molecule has 12 rings (SSSR count). The van der Waals surface area contributed by atoms with Crippen LogP contribution in [0.25, 0.3) is 116 Å². The topological polar surface area (TPSA) is 17.8 Å². The van der Waals surface area contributed by atoms with Crippen LogP contribution < -0.4 is 0 Å². The van der Waals surface area contributed by atoms with Gasteiger partial charge in [0.05, 0.1) is 16.6 Å². The highest BCUT2D eigenvalue weighted by Crippen LogP contribution is 2.58. The standard InChI is InChI=1S/C53H32N2/c1-4-14-33(15-5-1)48-39-20-10-11-21-40(39)49(34-16-6-2-7-17-34)52-44-27-26-37(38-22-12-23-43(50(38)44)51(48)52)35-25-30-47-45(32-35)41-28-29-46-42(24-13-31-54-46)53(41)55(47)36-18-8-3-9-19-36/h1-32H. The van der Waals surface area contributed by atoms with Crippen LogP contribution in [0.4, 0.5) is 0 Å². The molecule has 254 valence electrons. The second kappa shape index (κ2) is 11.6. The zero-order chi connectivity index (χ0) is 36.0. The number of para-hydroxylation sites is 1. The highest BCUT2D eigenvalue weighted by Gasteiger charge is 2.31. The normalized spacial score (nSPS) is 12.0. The molecule has 0 unspecified atom stereocenters. The van der Waals surface area contributed by atoms with Crippen LogP contribution in [0.3, 0.4) is 0 Å². The molecule has 0 saturated carbocycles. The molecule has 0 saturated heterocycles. The van der Waals surface area contributed by atoms with E-state index in [-0.39, 0.29) is 0 Å². The Kier molecular flexibility index (Phi) is 6.37. The fourth-order valence-corrected chi connectivity index (χ4v) is 9.54. The van der Waals surface area contributed by atoms with Crippen molar-refractivity contribution in [1.29, 1.82) is 0 Å². The van der Waals surface area contributed by atoms with Crippen molar-refractivity contribution in [2.24, 2.45) is 0 Å². The van der Waals surface area contributed by atoms with Crippen molar-refractivity contribution in [1.82, 2.24) is 9.55 Å². The van der Waals surface area contributed by atoms with Gasteiger partial charge in [0.1, 0.15) is 0 Å². The van der Waals surface area contributed by atoms with Gasteiger partial charge in [-0.05, 0) is 120 Å². The zero-order valence-electron chi connectivity index (χ0n) is 29.9. The van der Waals surface area contributed by atoms with Gasteiger partial charge < -0.3 is 4.57 Å². The average molecular weight is 697 g/mol. The summed E-state index contributed by atoms with van der Waals surface area (Å²) in [6.45, 7) is 0. The van der Waals surface area contributed by atoms with Crippen molar-refractivity contribution in [2.75, 3.05) is 0 Å². The summed E-state index contributed by atoms with van der Waals surface area (Å²) in [6, 6.07) is 68.9. The largest absolute Gasteiger partial charge is 0.309 e. The lowest BCUT2D eigenvalue weighted by Crippen LogP contribution is -1.94. The lowest BCUT2D eigenvalue weighted by Gasteiger charge is -2.20. The van der Waals surface area contributed by atoms with E-state index in [9.17, 15) is 0 Å². The number of fused-ring (bicyclic) bond motifs is 9. The third-order valence-corrected chi connectivity index (χ3v) is 11.8. The van der Waals surface area contributed by atoms with E-state index in [0.29, 0.717) is 0 Å². The summed E-state index contributed by atoms with van der Waals surface area (Å²) < 4.78 is 2.41. The van der Waals surface area contributed by atoms with Crippen molar-refractivity contribution >= 4 is 54.3 Å². The maximum absolute atomic E-state index is 4.73. The van der Waals surface area contributed by atoms with Crippen molar-refractivity contribution in [3.63, 3.8) is 0 Å². The van der Waals surface area contributed by atoms with Crippen LogP contribution in [0.2, 0.25) is 0 Å². The molecule has 0 radical (unpaired) electrons. The number of rotatable bonds is 4. The minimum absolute atomic E-state index is 1.000. The van der Waals surface area contributed by atoms with Gasteiger partial charge in [0, 0.05) is 28.0 Å². The minimum Gasteiger partial charge on any atom is -0.309 e. The van der Waals surface area contributed by atoms with Crippen molar-refractivity contribution in [2.45, 2.75) is 0 Å². The van der Waals surface area contributed by atoms with Gasteiger partial charge in [0.15, 0.2) is 0 Å². The molecular formula is C53H32N2. The van der Waals surface area contributed by atoms with E-state index >= 15 is 0 Å². The molecule has 1 aliphatic carbocycles. The SMILES string of the molecule is c1ccc(-c2c3c(c(-c4ccccc4)c4ccccc24)-c2ccc(-c4ccc5c(c4)c4ccc6ncccc6c4n5-c4ccccc4)c4cccc-3c24)cc1. The van der Waals surface area contributed by atoms with Crippen LogP contribution in [-0.2, 0) is 0 Å². The molecule has 0 atom stereocenters. The second-order valence-corrected chi connectivity index (χ2v) is 14.6. The monoisotopic (exact) mass is 696 g/mol. The number of hydrogen-bond donors (Lipinski definition) is 0.